The van der Waals surface area contributed by atoms with Gasteiger partial charge in [0.1, 0.15) is 12.4 Å². The second kappa shape index (κ2) is 9.55. The maximum absolute atomic E-state index is 11.9. The molecule has 0 heterocycles. The van der Waals surface area contributed by atoms with E-state index in [1.807, 2.05) is 66.7 Å². The molecule has 27 heavy (non-hydrogen) atoms. The molecule has 0 fully saturated rings. The van der Waals surface area contributed by atoms with Crippen LogP contribution in [0.25, 0.3) is 0 Å². The van der Waals surface area contributed by atoms with Crippen LogP contribution in [0.1, 0.15) is 16.7 Å². The fourth-order valence-electron chi connectivity index (χ4n) is 2.40. The van der Waals surface area contributed by atoms with Gasteiger partial charge in [0.15, 0.2) is 0 Å². The van der Waals surface area contributed by atoms with Crippen LogP contribution in [-0.4, -0.2) is 12.1 Å². The summed E-state index contributed by atoms with van der Waals surface area (Å²) < 4.78 is 5.74. The van der Waals surface area contributed by atoms with Crippen molar-refractivity contribution in [2.45, 2.75) is 13.0 Å². The molecule has 0 aliphatic rings. The van der Waals surface area contributed by atoms with Gasteiger partial charge < -0.3 is 4.74 Å². The molecule has 0 spiro atoms. The molecule has 3 aromatic rings. The minimum Gasteiger partial charge on any atom is -0.489 e. The van der Waals surface area contributed by atoms with Gasteiger partial charge in [-0.1, -0.05) is 54.1 Å². The lowest BCUT2D eigenvalue weighted by atomic mass is 10.1. The second-order valence-electron chi connectivity index (χ2n) is 5.94. The lowest BCUT2D eigenvalue weighted by Crippen LogP contribution is -2.19. The first kappa shape index (κ1) is 18.7. The largest absolute Gasteiger partial charge is 0.489 e. The molecule has 0 atom stereocenters. The van der Waals surface area contributed by atoms with Crippen molar-refractivity contribution in [2.24, 2.45) is 5.10 Å². The Morgan fingerprint density at radius 2 is 1.63 bits per heavy atom. The Kier molecular flexibility index (Phi) is 6.61. The number of ether oxygens (including phenoxy) is 1. The van der Waals surface area contributed by atoms with E-state index >= 15 is 0 Å². The summed E-state index contributed by atoms with van der Waals surface area (Å²) in [5, 5.41) is 4.63. The van der Waals surface area contributed by atoms with Crippen LogP contribution in [0.4, 0.5) is 0 Å². The number of hydrogen-bond acceptors (Lipinski definition) is 3. The number of benzene rings is 3. The zero-order chi connectivity index (χ0) is 18.9. The maximum Gasteiger partial charge on any atom is 0.244 e. The highest BCUT2D eigenvalue weighted by Gasteiger charge is 2.02. The number of carbonyl (C=O) groups is 1. The van der Waals surface area contributed by atoms with Crippen molar-refractivity contribution in [2.75, 3.05) is 0 Å². The van der Waals surface area contributed by atoms with E-state index in [9.17, 15) is 4.79 Å². The Morgan fingerprint density at radius 3 is 2.33 bits per heavy atom. The summed E-state index contributed by atoms with van der Waals surface area (Å²) >= 11 is 5.83. The van der Waals surface area contributed by atoms with Crippen LogP contribution in [0, 0.1) is 0 Å². The van der Waals surface area contributed by atoms with Crippen molar-refractivity contribution in [3.63, 3.8) is 0 Å². The van der Waals surface area contributed by atoms with Gasteiger partial charge in [0, 0.05) is 5.02 Å². The molecule has 5 heteroatoms. The van der Waals surface area contributed by atoms with Crippen LogP contribution in [0.2, 0.25) is 5.02 Å². The van der Waals surface area contributed by atoms with E-state index in [4.69, 9.17) is 16.3 Å². The smallest absolute Gasteiger partial charge is 0.244 e. The number of amides is 1. The summed E-state index contributed by atoms with van der Waals surface area (Å²) in [5.74, 6) is 0.596. The standard InChI is InChI=1S/C22H19ClN2O2/c23-20-10-6-17(7-11-20)14-22(26)25-24-15-18-8-12-21(13-9-18)27-16-19-4-2-1-3-5-19/h1-13,15H,14,16H2,(H,25,26)/b24-15+. The fourth-order valence-corrected chi connectivity index (χ4v) is 2.52. The predicted molar refractivity (Wildman–Crippen MR) is 108 cm³/mol. The van der Waals surface area contributed by atoms with E-state index in [0.29, 0.717) is 11.6 Å². The number of hydrazone groups is 1. The fraction of sp³-hybridized carbons (Fsp3) is 0.0909. The average molecular weight is 379 g/mol. The molecule has 0 saturated carbocycles. The Hall–Kier alpha value is -3.11. The third-order valence-corrected chi connectivity index (χ3v) is 4.06. The normalized spacial score (nSPS) is 10.7. The average Bonchev–Trinajstić information content (AvgIpc) is 2.70. The van der Waals surface area contributed by atoms with E-state index in [1.54, 1.807) is 18.3 Å². The van der Waals surface area contributed by atoms with E-state index in [-0.39, 0.29) is 12.3 Å². The lowest BCUT2D eigenvalue weighted by molar-refractivity contribution is -0.120. The molecular weight excluding hydrogens is 360 g/mol. The molecule has 0 saturated heterocycles. The van der Waals surface area contributed by atoms with E-state index in [0.717, 1.165) is 22.4 Å². The number of carbonyl (C=O) groups excluding carboxylic acids is 1. The minimum atomic E-state index is -0.184. The number of nitrogens with zero attached hydrogens (tertiary/aromatic N) is 1. The molecule has 3 aromatic carbocycles. The zero-order valence-electron chi connectivity index (χ0n) is 14.6. The van der Waals surface area contributed by atoms with E-state index in [2.05, 4.69) is 10.5 Å². The Morgan fingerprint density at radius 1 is 0.926 bits per heavy atom. The van der Waals surface area contributed by atoms with Gasteiger partial charge in [-0.25, -0.2) is 5.43 Å². The second-order valence-corrected chi connectivity index (χ2v) is 6.38. The van der Waals surface area contributed by atoms with Crippen molar-refractivity contribution in [1.29, 1.82) is 0 Å². The van der Waals surface area contributed by atoms with Crippen LogP contribution < -0.4 is 10.2 Å². The number of hydrogen-bond donors (Lipinski definition) is 1. The highest BCUT2D eigenvalue weighted by atomic mass is 35.5. The number of nitrogens with one attached hydrogen (secondary N) is 1. The summed E-state index contributed by atoms with van der Waals surface area (Å²) in [4.78, 5) is 11.9. The molecule has 1 N–H and O–H groups in total. The van der Waals surface area contributed by atoms with Crippen LogP contribution in [0.5, 0.6) is 5.75 Å². The van der Waals surface area contributed by atoms with Crippen LogP contribution in [0.3, 0.4) is 0 Å². The van der Waals surface area contributed by atoms with Crippen LogP contribution >= 0.6 is 11.6 Å². The van der Waals surface area contributed by atoms with Crippen LogP contribution in [0.15, 0.2) is 84.0 Å². The number of rotatable bonds is 7. The Bertz CT molecular complexity index is 892. The van der Waals surface area contributed by atoms with Crippen molar-refractivity contribution in [3.8, 4) is 5.75 Å². The van der Waals surface area contributed by atoms with Gasteiger partial charge in [-0.05, 0) is 53.1 Å². The third kappa shape index (κ3) is 6.28. The predicted octanol–water partition coefficient (Wildman–Crippen LogP) is 4.61. The molecule has 0 radical (unpaired) electrons. The third-order valence-electron chi connectivity index (χ3n) is 3.81. The molecule has 4 nitrogen and oxygen atoms in total. The number of halogens is 1. The molecule has 136 valence electrons. The summed E-state index contributed by atoms with van der Waals surface area (Å²) in [5.41, 5.74) is 5.39. The SMILES string of the molecule is O=C(Cc1ccc(Cl)cc1)N/N=C/c1ccc(OCc2ccccc2)cc1. The summed E-state index contributed by atoms with van der Waals surface area (Å²) in [6, 6.07) is 24.7. The van der Waals surface area contributed by atoms with Gasteiger partial charge >= 0.3 is 0 Å². The molecule has 0 unspecified atom stereocenters. The van der Waals surface area contributed by atoms with Gasteiger partial charge in [0.2, 0.25) is 5.91 Å². The molecule has 0 aliphatic heterocycles. The van der Waals surface area contributed by atoms with Gasteiger partial charge in [0.05, 0.1) is 12.6 Å². The first-order chi connectivity index (χ1) is 13.2. The maximum atomic E-state index is 11.9. The summed E-state index contributed by atoms with van der Waals surface area (Å²) in [6.07, 6.45) is 1.85. The topological polar surface area (TPSA) is 50.7 Å². The minimum absolute atomic E-state index is 0.184. The summed E-state index contributed by atoms with van der Waals surface area (Å²) in [7, 11) is 0. The monoisotopic (exact) mass is 378 g/mol. The highest BCUT2D eigenvalue weighted by Crippen LogP contribution is 2.13. The Balaban J connectivity index is 1.46. The Labute approximate surface area is 163 Å². The van der Waals surface area contributed by atoms with Crippen molar-refractivity contribution >= 4 is 23.7 Å². The first-order valence-corrected chi connectivity index (χ1v) is 8.90. The molecule has 1 amide bonds. The van der Waals surface area contributed by atoms with Gasteiger partial charge in [-0.15, -0.1) is 0 Å². The van der Waals surface area contributed by atoms with Gasteiger partial charge in [-0.2, -0.15) is 5.10 Å². The molecule has 0 aliphatic carbocycles. The van der Waals surface area contributed by atoms with Crippen molar-refractivity contribution < 1.29 is 9.53 Å². The van der Waals surface area contributed by atoms with Gasteiger partial charge in [0.25, 0.3) is 0 Å². The van der Waals surface area contributed by atoms with Crippen molar-refractivity contribution in [3.05, 3.63) is 101 Å². The highest BCUT2D eigenvalue weighted by molar-refractivity contribution is 6.30. The first-order valence-electron chi connectivity index (χ1n) is 8.52. The van der Waals surface area contributed by atoms with E-state index in [1.165, 1.54) is 0 Å². The quantitative estimate of drug-likeness (QED) is 0.482. The molecular formula is C22H19ClN2O2. The molecule has 3 rings (SSSR count). The zero-order valence-corrected chi connectivity index (χ0v) is 15.4. The van der Waals surface area contributed by atoms with Crippen molar-refractivity contribution in [1.82, 2.24) is 5.43 Å². The molecule has 0 aromatic heterocycles. The lowest BCUT2D eigenvalue weighted by Gasteiger charge is -2.06. The van der Waals surface area contributed by atoms with Gasteiger partial charge in [-0.3, -0.25) is 4.79 Å². The van der Waals surface area contributed by atoms with E-state index < -0.39 is 0 Å². The summed E-state index contributed by atoms with van der Waals surface area (Å²) in [6.45, 7) is 0.523. The molecule has 0 bridgehead atoms. The van der Waals surface area contributed by atoms with Crippen LogP contribution in [-0.2, 0) is 17.8 Å².